The molecule has 1 aliphatic heterocycles. The Morgan fingerprint density at radius 1 is 1.44 bits per heavy atom. The summed E-state index contributed by atoms with van der Waals surface area (Å²) in [5.74, 6) is 0. The Morgan fingerprint density at radius 2 is 2.06 bits per heavy atom. The van der Waals surface area contributed by atoms with Crippen molar-refractivity contribution in [2.45, 2.75) is 43.2 Å². The molecular weight excluding hydrogens is 250 g/mol. The number of ether oxygens (including phenoxy) is 1. The van der Waals surface area contributed by atoms with E-state index in [9.17, 15) is 8.42 Å². The molecule has 4 nitrogen and oxygen atoms in total. The van der Waals surface area contributed by atoms with Crippen LogP contribution in [0, 0.1) is 0 Å². The summed E-state index contributed by atoms with van der Waals surface area (Å²) in [6.45, 7) is 3.42. The Hall–Kier alpha value is 0.160. The second-order valence-corrected chi connectivity index (χ2v) is 6.75. The van der Waals surface area contributed by atoms with Crippen LogP contribution in [0.2, 0.25) is 0 Å². The third-order valence-electron chi connectivity index (χ3n) is 2.72. The fraction of sp³-hybridized carbons (Fsp3) is 1.00. The molecule has 6 heteroatoms. The van der Waals surface area contributed by atoms with Gasteiger partial charge in [-0.15, -0.1) is 11.6 Å². The predicted octanol–water partition coefficient (Wildman–Crippen LogP) is 1.49. The van der Waals surface area contributed by atoms with E-state index in [4.69, 9.17) is 16.3 Å². The van der Waals surface area contributed by atoms with Gasteiger partial charge in [-0.3, -0.25) is 0 Å². The molecule has 0 aliphatic carbocycles. The molecule has 1 N–H and O–H groups in total. The Bertz CT molecular complexity index is 288. The monoisotopic (exact) mass is 269 g/mol. The predicted molar refractivity (Wildman–Crippen MR) is 65.3 cm³/mol. The maximum absolute atomic E-state index is 11.9. The normalized spacial score (nSPS) is 20.9. The summed E-state index contributed by atoms with van der Waals surface area (Å²) < 4.78 is 31.5. The minimum absolute atomic E-state index is 0.111. The maximum Gasteiger partial charge on any atom is 0.214 e. The average Bonchev–Trinajstić information content (AvgIpc) is 2.28. The summed E-state index contributed by atoms with van der Waals surface area (Å²) in [5, 5.41) is -0.425. The first-order valence-electron chi connectivity index (χ1n) is 5.76. The minimum atomic E-state index is -3.21. The number of halogens is 1. The molecule has 0 saturated carbocycles. The van der Waals surface area contributed by atoms with Gasteiger partial charge in [-0.25, -0.2) is 13.1 Å². The van der Waals surface area contributed by atoms with E-state index in [1.165, 1.54) is 0 Å². The van der Waals surface area contributed by atoms with Gasteiger partial charge in [-0.05, 0) is 19.3 Å². The van der Waals surface area contributed by atoms with Gasteiger partial charge in [0.25, 0.3) is 0 Å². The van der Waals surface area contributed by atoms with Crippen molar-refractivity contribution < 1.29 is 13.2 Å². The van der Waals surface area contributed by atoms with Crippen molar-refractivity contribution in [2.75, 3.05) is 19.8 Å². The number of sulfonamides is 1. The van der Waals surface area contributed by atoms with Crippen molar-refractivity contribution in [3.05, 3.63) is 0 Å². The fourth-order valence-corrected chi connectivity index (χ4v) is 3.60. The van der Waals surface area contributed by atoms with Crippen molar-refractivity contribution in [3.63, 3.8) is 0 Å². The first kappa shape index (κ1) is 14.2. The van der Waals surface area contributed by atoms with E-state index in [0.717, 1.165) is 12.8 Å². The lowest BCUT2D eigenvalue weighted by molar-refractivity contribution is 0.0981. The minimum Gasteiger partial charge on any atom is -0.381 e. The topological polar surface area (TPSA) is 55.4 Å². The number of rotatable bonds is 6. The summed E-state index contributed by atoms with van der Waals surface area (Å²) in [4.78, 5) is 0. The molecule has 0 bridgehead atoms. The molecule has 1 aliphatic rings. The van der Waals surface area contributed by atoms with Crippen LogP contribution >= 0.6 is 11.6 Å². The van der Waals surface area contributed by atoms with Crippen LogP contribution in [0.15, 0.2) is 0 Å². The van der Waals surface area contributed by atoms with Crippen LogP contribution < -0.4 is 4.72 Å². The molecule has 16 heavy (non-hydrogen) atoms. The molecule has 1 atom stereocenters. The van der Waals surface area contributed by atoms with E-state index < -0.39 is 10.0 Å². The van der Waals surface area contributed by atoms with Crippen LogP contribution in [0.1, 0.15) is 32.6 Å². The first-order valence-corrected chi connectivity index (χ1v) is 7.75. The zero-order valence-corrected chi connectivity index (χ0v) is 11.2. The zero-order chi connectivity index (χ0) is 12.0. The molecule has 0 spiro atoms. The molecule has 0 aromatic carbocycles. The molecule has 0 amide bonds. The third kappa shape index (κ3) is 4.57. The van der Waals surface area contributed by atoms with Gasteiger partial charge >= 0.3 is 0 Å². The van der Waals surface area contributed by atoms with Crippen molar-refractivity contribution in [1.29, 1.82) is 0 Å². The highest BCUT2D eigenvalue weighted by Crippen LogP contribution is 2.15. The Balaban J connectivity index is 2.38. The largest absolute Gasteiger partial charge is 0.381 e. The third-order valence-corrected chi connectivity index (χ3v) is 5.01. The quantitative estimate of drug-likeness (QED) is 0.744. The fourth-order valence-electron chi connectivity index (χ4n) is 1.73. The van der Waals surface area contributed by atoms with E-state index in [0.29, 0.717) is 32.6 Å². The molecule has 1 heterocycles. The molecule has 0 aromatic rings. The molecule has 1 fully saturated rings. The van der Waals surface area contributed by atoms with Gasteiger partial charge in [0, 0.05) is 25.1 Å². The van der Waals surface area contributed by atoms with Crippen molar-refractivity contribution in [3.8, 4) is 0 Å². The lowest BCUT2D eigenvalue weighted by Crippen LogP contribution is -2.40. The number of alkyl halides is 1. The zero-order valence-electron chi connectivity index (χ0n) is 9.62. The van der Waals surface area contributed by atoms with Crippen molar-refractivity contribution in [2.24, 2.45) is 0 Å². The van der Waals surface area contributed by atoms with Gasteiger partial charge in [0.15, 0.2) is 0 Å². The van der Waals surface area contributed by atoms with Gasteiger partial charge in [0.2, 0.25) is 10.0 Å². The van der Waals surface area contributed by atoms with E-state index in [1.54, 1.807) is 0 Å². The lowest BCUT2D eigenvalue weighted by Gasteiger charge is -2.23. The smallest absolute Gasteiger partial charge is 0.214 e. The molecular formula is C10H20ClNO3S. The summed E-state index contributed by atoms with van der Waals surface area (Å²) in [6.07, 6.45) is 2.96. The maximum atomic E-state index is 11.9. The summed E-state index contributed by atoms with van der Waals surface area (Å²) in [6, 6.07) is 0. The molecule has 1 rings (SSSR count). The highest BCUT2D eigenvalue weighted by atomic mass is 35.5. The summed E-state index contributed by atoms with van der Waals surface area (Å²) >= 11 is 5.97. The average molecular weight is 270 g/mol. The number of hydrogen-bond acceptors (Lipinski definition) is 3. The molecule has 0 radical (unpaired) electrons. The highest BCUT2D eigenvalue weighted by molar-refractivity contribution is 7.90. The van der Waals surface area contributed by atoms with E-state index >= 15 is 0 Å². The summed E-state index contributed by atoms with van der Waals surface area (Å²) in [7, 11) is -3.21. The Labute approximate surface area is 103 Å². The molecule has 0 aromatic heterocycles. The van der Waals surface area contributed by atoms with Crippen LogP contribution in [0.4, 0.5) is 0 Å². The van der Waals surface area contributed by atoms with Gasteiger partial charge in [-0.2, -0.15) is 0 Å². The number of hydrogen-bond donors (Lipinski definition) is 1. The lowest BCUT2D eigenvalue weighted by atomic mass is 10.2. The van der Waals surface area contributed by atoms with Crippen LogP contribution in [-0.2, 0) is 14.8 Å². The Kier molecular flexibility index (Phi) is 6.03. The van der Waals surface area contributed by atoms with E-state index in [-0.39, 0.29) is 10.6 Å². The van der Waals surface area contributed by atoms with Crippen LogP contribution in [-0.4, -0.2) is 38.8 Å². The molecule has 1 unspecified atom stereocenters. The van der Waals surface area contributed by atoms with Crippen molar-refractivity contribution in [1.82, 2.24) is 4.72 Å². The molecule has 96 valence electrons. The number of nitrogens with one attached hydrogen (secondary N) is 1. The van der Waals surface area contributed by atoms with Gasteiger partial charge < -0.3 is 4.74 Å². The van der Waals surface area contributed by atoms with E-state index in [2.05, 4.69) is 4.72 Å². The van der Waals surface area contributed by atoms with Gasteiger partial charge in [0.1, 0.15) is 0 Å². The first-order chi connectivity index (χ1) is 7.56. The SMILES string of the molecule is CCCC(Cl)CNS(=O)(=O)C1CCOCC1. The summed E-state index contributed by atoms with van der Waals surface area (Å²) in [5.41, 5.74) is 0. The van der Waals surface area contributed by atoms with Gasteiger partial charge in [0.05, 0.1) is 5.25 Å². The Morgan fingerprint density at radius 3 is 2.62 bits per heavy atom. The van der Waals surface area contributed by atoms with E-state index in [1.807, 2.05) is 6.92 Å². The van der Waals surface area contributed by atoms with Crippen molar-refractivity contribution >= 4 is 21.6 Å². The van der Waals surface area contributed by atoms with Crippen LogP contribution in [0.25, 0.3) is 0 Å². The molecule has 1 saturated heterocycles. The second kappa shape index (κ2) is 6.79. The standard InChI is InChI=1S/C10H20ClNO3S/c1-2-3-9(11)8-12-16(13,14)10-4-6-15-7-5-10/h9-10,12H,2-8H2,1H3. The van der Waals surface area contributed by atoms with Crippen LogP contribution in [0.5, 0.6) is 0 Å². The van der Waals surface area contributed by atoms with Crippen LogP contribution in [0.3, 0.4) is 0 Å². The second-order valence-electron chi connectivity index (χ2n) is 4.09. The highest BCUT2D eigenvalue weighted by Gasteiger charge is 2.27. The van der Waals surface area contributed by atoms with Gasteiger partial charge in [-0.1, -0.05) is 13.3 Å².